The maximum atomic E-state index is 3.56. The Balaban J connectivity index is 2.40. The van der Waals surface area contributed by atoms with E-state index in [0.29, 0.717) is 0 Å². The zero-order chi connectivity index (χ0) is 11.3. The number of hydrogen-bond donors (Lipinski definition) is 1. The Bertz CT molecular complexity index is 167. The van der Waals surface area contributed by atoms with Crippen LogP contribution in [0.15, 0.2) is 0 Å². The summed E-state index contributed by atoms with van der Waals surface area (Å²) in [4.78, 5) is 0. The highest BCUT2D eigenvalue weighted by atomic mass is 14.9. The molecule has 15 heavy (non-hydrogen) atoms. The van der Waals surface area contributed by atoms with Crippen LogP contribution in [0.25, 0.3) is 0 Å². The standard InChI is InChI=1S/C14H29N/c1-5-7-11(2)10-14(15-4)13-9-6-8-12(13)3/h11-15H,5-10H2,1-4H3. The summed E-state index contributed by atoms with van der Waals surface area (Å²) in [5, 5.41) is 3.56. The van der Waals surface area contributed by atoms with E-state index in [1.165, 1.54) is 38.5 Å². The molecule has 1 N–H and O–H groups in total. The number of hydrogen-bond acceptors (Lipinski definition) is 1. The largest absolute Gasteiger partial charge is 0.317 e. The zero-order valence-corrected chi connectivity index (χ0v) is 11.1. The van der Waals surface area contributed by atoms with Gasteiger partial charge in [-0.05, 0) is 37.6 Å². The number of nitrogens with one attached hydrogen (secondary N) is 1. The lowest BCUT2D eigenvalue weighted by atomic mass is 9.84. The van der Waals surface area contributed by atoms with Crippen LogP contribution in [0.3, 0.4) is 0 Å². The van der Waals surface area contributed by atoms with Crippen molar-refractivity contribution in [3.05, 3.63) is 0 Å². The molecule has 1 saturated carbocycles. The Morgan fingerprint density at radius 1 is 1.33 bits per heavy atom. The molecule has 0 aliphatic heterocycles. The maximum Gasteiger partial charge on any atom is 0.00974 e. The van der Waals surface area contributed by atoms with E-state index < -0.39 is 0 Å². The molecule has 0 radical (unpaired) electrons. The molecule has 0 aromatic rings. The van der Waals surface area contributed by atoms with Crippen LogP contribution in [0.1, 0.15) is 59.3 Å². The Morgan fingerprint density at radius 3 is 2.53 bits per heavy atom. The first-order valence-electron chi connectivity index (χ1n) is 6.86. The quantitative estimate of drug-likeness (QED) is 0.704. The third kappa shape index (κ3) is 3.79. The maximum absolute atomic E-state index is 3.56. The van der Waals surface area contributed by atoms with Gasteiger partial charge < -0.3 is 5.32 Å². The SMILES string of the molecule is CCCC(C)CC(NC)C1CCCC1C. The summed E-state index contributed by atoms with van der Waals surface area (Å²) >= 11 is 0. The molecule has 0 saturated heterocycles. The molecular weight excluding hydrogens is 182 g/mol. The van der Waals surface area contributed by atoms with Gasteiger partial charge in [-0.15, -0.1) is 0 Å². The predicted octanol–water partition coefficient (Wildman–Crippen LogP) is 3.84. The van der Waals surface area contributed by atoms with E-state index in [0.717, 1.165) is 23.8 Å². The van der Waals surface area contributed by atoms with E-state index in [2.05, 4.69) is 33.1 Å². The second kappa shape index (κ2) is 6.52. The van der Waals surface area contributed by atoms with Crippen LogP contribution >= 0.6 is 0 Å². The summed E-state index contributed by atoms with van der Waals surface area (Å²) in [5.41, 5.74) is 0. The van der Waals surface area contributed by atoms with Gasteiger partial charge in [-0.1, -0.05) is 46.5 Å². The van der Waals surface area contributed by atoms with Crippen molar-refractivity contribution in [1.29, 1.82) is 0 Å². The second-order valence-corrected chi connectivity index (χ2v) is 5.60. The minimum Gasteiger partial charge on any atom is -0.317 e. The first-order valence-corrected chi connectivity index (χ1v) is 6.86. The van der Waals surface area contributed by atoms with Crippen molar-refractivity contribution in [1.82, 2.24) is 5.32 Å². The molecule has 1 aliphatic rings. The molecule has 4 atom stereocenters. The number of rotatable bonds is 6. The van der Waals surface area contributed by atoms with Crippen LogP contribution in [0, 0.1) is 17.8 Å². The molecule has 0 bridgehead atoms. The molecule has 0 aromatic carbocycles. The molecule has 1 fully saturated rings. The van der Waals surface area contributed by atoms with Crippen molar-refractivity contribution in [2.75, 3.05) is 7.05 Å². The van der Waals surface area contributed by atoms with E-state index in [1.807, 2.05) is 0 Å². The highest BCUT2D eigenvalue weighted by Crippen LogP contribution is 2.35. The summed E-state index contributed by atoms with van der Waals surface area (Å²) in [7, 11) is 2.15. The first-order chi connectivity index (χ1) is 7.19. The normalized spacial score (nSPS) is 30.4. The Labute approximate surface area is 96.0 Å². The summed E-state index contributed by atoms with van der Waals surface area (Å²) < 4.78 is 0. The molecule has 0 spiro atoms. The van der Waals surface area contributed by atoms with E-state index in [4.69, 9.17) is 0 Å². The molecular formula is C14H29N. The zero-order valence-electron chi connectivity index (χ0n) is 11.1. The lowest BCUT2D eigenvalue weighted by Crippen LogP contribution is -2.36. The van der Waals surface area contributed by atoms with E-state index in [1.54, 1.807) is 0 Å². The summed E-state index contributed by atoms with van der Waals surface area (Å²) in [6, 6.07) is 0.768. The van der Waals surface area contributed by atoms with Crippen LogP contribution in [-0.2, 0) is 0 Å². The van der Waals surface area contributed by atoms with Crippen LogP contribution in [0.5, 0.6) is 0 Å². The van der Waals surface area contributed by atoms with Crippen molar-refractivity contribution in [3.63, 3.8) is 0 Å². The van der Waals surface area contributed by atoms with Crippen LogP contribution in [0.2, 0.25) is 0 Å². The third-order valence-electron chi connectivity index (χ3n) is 4.25. The van der Waals surface area contributed by atoms with E-state index in [-0.39, 0.29) is 0 Å². The molecule has 0 heterocycles. The molecule has 1 aliphatic carbocycles. The highest BCUT2D eigenvalue weighted by molar-refractivity contribution is 4.85. The van der Waals surface area contributed by atoms with Crippen molar-refractivity contribution in [2.45, 2.75) is 65.3 Å². The summed E-state index contributed by atoms with van der Waals surface area (Å²) in [5.74, 6) is 2.77. The second-order valence-electron chi connectivity index (χ2n) is 5.60. The first kappa shape index (κ1) is 13.0. The Hall–Kier alpha value is -0.0400. The molecule has 1 rings (SSSR count). The van der Waals surface area contributed by atoms with Crippen molar-refractivity contribution in [3.8, 4) is 0 Å². The van der Waals surface area contributed by atoms with Crippen LogP contribution in [0.4, 0.5) is 0 Å². The predicted molar refractivity (Wildman–Crippen MR) is 68.0 cm³/mol. The summed E-state index contributed by atoms with van der Waals surface area (Å²) in [6.07, 6.45) is 8.44. The van der Waals surface area contributed by atoms with Crippen molar-refractivity contribution < 1.29 is 0 Å². The molecule has 1 nitrogen and oxygen atoms in total. The molecule has 0 amide bonds. The topological polar surface area (TPSA) is 12.0 Å². The van der Waals surface area contributed by atoms with Gasteiger partial charge in [0, 0.05) is 6.04 Å². The van der Waals surface area contributed by atoms with Gasteiger partial charge in [0.15, 0.2) is 0 Å². The monoisotopic (exact) mass is 211 g/mol. The van der Waals surface area contributed by atoms with Gasteiger partial charge in [-0.3, -0.25) is 0 Å². The van der Waals surface area contributed by atoms with Gasteiger partial charge in [-0.2, -0.15) is 0 Å². The smallest absolute Gasteiger partial charge is 0.00974 e. The average molecular weight is 211 g/mol. The highest BCUT2D eigenvalue weighted by Gasteiger charge is 2.30. The Morgan fingerprint density at radius 2 is 2.07 bits per heavy atom. The lowest BCUT2D eigenvalue weighted by molar-refractivity contribution is 0.263. The summed E-state index contributed by atoms with van der Waals surface area (Å²) in [6.45, 7) is 7.14. The van der Waals surface area contributed by atoms with E-state index in [9.17, 15) is 0 Å². The lowest BCUT2D eigenvalue weighted by Gasteiger charge is -2.29. The minimum atomic E-state index is 0.768. The fraction of sp³-hybridized carbons (Fsp3) is 1.00. The van der Waals surface area contributed by atoms with Gasteiger partial charge in [0.25, 0.3) is 0 Å². The van der Waals surface area contributed by atoms with Gasteiger partial charge in [-0.25, -0.2) is 0 Å². The molecule has 90 valence electrons. The van der Waals surface area contributed by atoms with Gasteiger partial charge in [0.05, 0.1) is 0 Å². The average Bonchev–Trinajstić information content (AvgIpc) is 2.61. The third-order valence-corrected chi connectivity index (χ3v) is 4.25. The molecule has 0 aromatic heterocycles. The van der Waals surface area contributed by atoms with Gasteiger partial charge in [0.2, 0.25) is 0 Å². The van der Waals surface area contributed by atoms with Gasteiger partial charge in [0.1, 0.15) is 0 Å². The molecule has 1 heteroatoms. The fourth-order valence-corrected chi connectivity index (χ4v) is 3.32. The van der Waals surface area contributed by atoms with Gasteiger partial charge >= 0.3 is 0 Å². The van der Waals surface area contributed by atoms with Crippen molar-refractivity contribution in [2.24, 2.45) is 17.8 Å². The van der Waals surface area contributed by atoms with Crippen molar-refractivity contribution >= 4 is 0 Å². The van der Waals surface area contributed by atoms with E-state index >= 15 is 0 Å². The van der Waals surface area contributed by atoms with Crippen LogP contribution < -0.4 is 5.32 Å². The fourth-order valence-electron chi connectivity index (χ4n) is 3.32. The Kier molecular flexibility index (Phi) is 5.66. The minimum absolute atomic E-state index is 0.768. The molecule has 4 unspecified atom stereocenters. The van der Waals surface area contributed by atoms with Crippen LogP contribution in [-0.4, -0.2) is 13.1 Å².